The molecule has 0 atom stereocenters. The zero-order chi connectivity index (χ0) is 19.3. The van der Waals surface area contributed by atoms with Crippen LogP contribution in [0.3, 0.4) is 0 Å². The predicted octanol–water partition coefficient (Wildman–Crippen LogP) is 3.74. The van der Waals surface area contributed by atoms with Gasteiger partial charge in [-0.05, 0) is 29.8 Å². The Labute approximate surface area is 151 Å². The Hall–Kier alpha value is -3.53. The number of methoxy groups -OCH3 is 2. The maximum absolute atomic E-state index is 11.4. The molecule has 26 heavy (non-hydrogen) atoms. The molecule has 2 aromatic carbocycles. The van der Waals surface area contributed by atoms with Crippen LogP contribution >= 0.6 is 0 Å². The first kappa shape index (κ1) is 18.8. The number of anilines is 1. The van der Waals surface area contributed by atoms with Crippen molar-refractivity contribution >= 4 is 23.0 Å². The molecule has 0 spiro atoms. The van der Waals surface area contributed by atoms with Crippen LogP contribution < -0.4 is 14.4 Å². The summed E-state index contributed by atoms with van der Waals surface area (Å²) in [6, 6.07) is 12.2. The molecule has 2 rings (SSSR count). The molecule has 0 radical (unpaired) electrons. The molecule has 0 aromatic heterocycles. The monoisotopic (exact) mass is 353 g/mol. The molecule has 0 aliphatic heterocycles. The van der Waals surface area contributed by atoms with E-state index in [1.54, 1.807) is 6.08 Å². The summed E-state index contributed by atoms with van der Waals surface area (Å²) in [5.41, 5.74) is 1.89. The highest BCUT2D eigenvalue weighted by atomic mass is 16.6. The second kappa shape index (κ2) is 8.03. The van der Waals surface area contributed by atoms with Crippen LogP contribution in [0.4, 0.5) is 11.4 Å². The molecule has 7 nitrogen and oxygen atoms in total. The number of nitro groups is 1. The van der Waals surface area contributed by atoms with Gasteiger partial charge in [0.25, 0.3) is 5.69 Å². The molecule has 7 heteroatoms. The maximum atomic E-state index is 11.4. The fraction of sp³-hybridized carbons (Fsp3) is 0.211. The highest BCUT2D eigenvalue weighted by molar-refractivity contribution is 5.93. The number of hydrogen-bond acceptors (Lipinski definition) is 6. The van der Waals surface area contributed by atoms with Crippen molar-refractivity contribution in [3.8, 4) is 17.6 Å². The van der Waals surface area contributed by atoms with E-state index in [9.17, 15) is 15.4 Å². The van der Waals surface area contributed by atoms with Crippen LogP contribution in [-0.2, 0) is 0 Å². The molecule has 0 unspecified atom stereocenters. The van der Waals surface area contributed by atoms with E-state index in [4.69, 9.17) is 9.47 Å². The first-order valence-corrected chi connectivity index (χ1v) is 7.71. The predicted molar refractivity (Wildman–Crippen MR) is 100 cm³/mol. The van der Waals surface area contributed by atoms with Gasteiger partial charge in [-0.25, -0.2) is 0 Å². The van der Waals surface area contributed by atoms with Gasteiger partial charge in [0.1, 0.15) is 6.07 Å². The van der Waals surface area contributed by atoms with Gasteiger partial charge in [0.2, 0.25) is 0 Å². The molecule has 134 valence electrons. The van der Waals surface area contributed by atoms with Gasteiger partial charge < -0.3 is 14.4 Å². The number of nitrogens with zero attached hydrogens (tertiary/aromatic N) is 3. The number of hydrogen-bond donors (Lipinski definition) is 0. The summed E-state index contributed by atoms with van der Waals surface area (Å²) in [6.45, 7) is 0. The van der Waals surface area contributed by atoms with Gasteiger partial charge in [0.05, 0.1) is 36.3 Å². The molecule has 0 aliphatic rings. The average Bonchev–Trinajstić information content (AvgIpc) is 2.65. The number of ether oxygens (including phenoxy) is 2. The molecule has 0 saturated carbocycles. The van der Waals surface area contributed by atoms with Crippen LogP contribution in [0.5, 0.6) is 11.5 Å². The normalized spacial score (nSPS) is 10.8. The van der Waals surface area contributed by atoms with Crippen molar-refractivity contribution in [2.24, 2.45) is 0 Å². The largest absolute Gasteiger partial charge is 0.493 e. The molecule has 0 saturated heterocycles. The number of nitriles is 1. The zero-order valence-electron chi connectivity index (χ0n) is 15.0. The minimum absolute atomic E-state index is 0.162. The lowest BCUT2D eigenvalue weighted by molar-refractivity contribution is -0.385. The van der Waals surface area contributed by atoms with Gasteiger partial charge in [-0.15, -0.1) is 0 Å². The number of benzene rings is 2. The van der Waals surface area contributed by atoms with Crippen molar-refractivity contribution in [1.29, 1.82) is 5.26 Å². The first-order valence-electron chi connectivity index (χ1n) is 7.71. The second-order valence-electron chi connectivity index (χ2n) is 5.64. The second-order valence-corrected chi connectivity index (χ2v) is 5.64. The Kier molecular flexibility index (Phi) is 5.81. The molecule has 2 aromatic rings. The first-order chi connectivity index (χ1) is 12.4. The van der Waals surface area contributed by atoms with Crippen molar-refractivity contribution in [2.75, 3.05) is 33.2 Å². The summed E-state index contributed by atoms with van der Waals surface area (Å²) in [6.07, 6.45) is 1.60. The third-order valence-electron chi connectivity index (χ3n) is 3.83. The summed E-state index contributed by atoms with van der Waals surface area (Å²) in [5.74, 6) is 0.549. The average molecular weight is 353 g/mol. The lowest BCUT2D eigenvalue weighted by atomic mass is 10.0. The molecular weight excluding hydrogens is 334 g/mol. The van der Waals surface area contributed by atoms with Gasteiger partial charge in [0, 0.05) is 19.8 Å². The Morgan fingerprint density at radius 2 is 1.73 bits per heavy atom. The number of nitro benzene ring substituents is 1. The Balaban J connectivity index is 2.58. The third kappa shape index (κ3) is 3.92. The molecule has 0 fully saturated rings. The Morgan fingerprint density at radius 1 is 1.15 bits per heavy atom. The Morgan fingerprint density at radius 3 is 2.19 bits per heavy atom. The van der Waals surface area contributed by atoms with Gasteiger partial charge in [0.15, 0.2) is 11.5 Å². The highest BCUT2D eigenvalue weighted by Gasteiger charge is 2.22. The van der Waals surface area contributed by atoms with Gasteiger partial charge >= 0.3 is 0 Å². The van der Waals surface area contributed by atoms with E-state index in [-0.39, 0.29) is 22.6 Å². The van der Waals surface area contributed by atoms with E-state index in [2.05, 4.69) is 0 Å². The third-order valence-corrected chi connectivity index (χ3v) is 3.83. The number of rotatable bonds is 6. The maximum Gasteiger partial charge on any atom is 0.281 e. The fourth-order valence-electron chi connectivity index (χ4n) is 2.44. The SMILES string of the molecule is COc1cc(C(C#N)=Cc2ccc(N(C)C)cc2)c([N+](=O)[O-])cc1OC. The van der Waals surface area contributed by atoms with Crippen molar-refractivity contribution in [3.05, 3.63) is 57.6 Å². The lowest BCUT2D eigenvalue weighted by Gasteiger charge is -2.12. The van der Waals surface area contributed by atoms with Crippen LogP contribution in [0.25, 0.3) is 11.6 Å². The van der Waals surface area contributed by atoms with E-state index in [0.717, 1.165) is 11.3 Å². The molecule has 0 aliphatic carbocycles. The van der Waals surface area contributed by atoms with Crippen LogP contribution in [0.15, 0.2) is 36.4 Å². The smallest absolute Gasteiger partial charge is 0.281 e. The standard InChI is InChI=1S/C19H19N3O4/c1-21(2)15-7-5-13(6-8-15)9-14(12-20)16-10-18(25-3)19(26-4)11-17(16)22(23)24/h5-11H,1-4H3. The van der Waals surface area contributed by atoms with E-state index < -0.39 is 4.92 Å². The van der Waals surface area contributed by atoms with Gasteiger partial charge in [-0.3, -0.25) is 10.1 Å². The minimum atomic E-state index is -0.544. The summed E-state index contributed by atoms with van der Waals surface area (Å²) < 4.78 is 10.3. The van der Waals surface area contributed by atoms with E-state index in [1.807, 2.05) is 49.3 Å². The molecular formula is C19H19N3O4. The zero-order valence-corrected chi connectivity index (χ0v) is 15.0. The van der Waals surface area contributed by atoms with Crippen molar-refractivity contribution in [2.45, 2.75) is 0 Å². The fourth-order valence-corrected chi connectivity index (χ4v) is 2.44. The van der Waals surface area contributed by atoms with E-state index in [0.29, 0.717) is 5.75 Å². The van der Waals surface area contributed by atoms with Crippen LogP contribution in [-0.4, -0.2) is 33.2 Å². The quantitative estimate of drug-likeness (QED) is 0.340. The summed E-state index contributed by atoms with van der Waals surface area (Å²) in [4.78, 5) is 12.9. The van der Waals surface area contributed by atoms with E-state index in [1.165, 1.54) is 26.4 Å². The van der Waals surface area contributed by atoms with Crippen molar-refractivity contribution in [1.82, 2.24) is 0 Å². The lowest BCUT2D eigenvalue weighted by Crippen LogP contribution is -2.07. The van der Waals surface area contributed by atoms with Crippen molar-refractivity contribution < 1.29 is 14.4 Å². The van der Waals surface area contributed by atoms with Gasteiger partial charge in [-0.2, -0.15) is 5.26 Å². The highest BCUT2D eigenvalue weighted by Crippen LogP contribution is 2.38. The molecule has 0 bridgehead atoms. The van der Waals surface area contributed by atoms with Crippen molar-refractivity contribution in [3.63, 3.8) is 0 Å². The molecule has 0 N–H and O–H groups in total. The van der Waals surface area contributed by atoms with Crippen LogP contribution in [0.2, 0.25) is 0 Å². The topological polar surface area (TPSA) is 88.6 Å². The van der Waals surface area contributed by atoms with Crippen LogP contribution in [0, 0.1) is 21.4 Å². The Bertz CT molecular complexity index is 881. The van der Waals surface area contributed by atoms with Crippen LogP contribution in [0.1, 0.15) is 11.1 Å². The summed E-state index contributed by atoms with van der Waals surface area (Å²) in [7, 11) is 6.69. The molecule has 0 amide bonds. The summed E-state index contributed by atoms with van der Waals surface area (Å²) >= 11 is 0. The minimum Gasteiger partial charge on any atom is -0.493 e. The van der Waals surface area contributed by atoms with E-state index >= 15 is 0 Å². The van der Waals surface area contributed by atoms with Gasteiger partial charge in [-0.1, -0.05) is 12.1 Å². The summed E-state index contributed by atoms with van der Waals surface area (Å²) in [5, 5.41) is 21.0. The molecule has 0 heterocycles. The number of allylic oxidation sites excluding steroid dienone is 1.